The fourth-order valence-electron chi connectivity index (χ4n) is 4.13. The van der Waals surface area contributed by atoms with Crippen molar-refractivity contribution in [2.45, 2.75) is 32.6 Å². The van der Waals surface area contributed by atoms with Crippen molar-refractivity contribution in [3.05, 3.63) is 53.8 Å². The van der Waals surface area contributed by atoms with Crippen molar-refractivity contribution in [1.29, 1.82) is 0 Å². The number of H-pyrrole nitrogens is 1. The largest absolute Gasteiger partial charge is 0.497 e. The Labute approximate surface area is 170 Å². The molecule has 2 heterocycles. The molecule has 0 atom stereocenters. The van der Waals surface area contributed by atoms with Gasteiger partial charge >= 0.3 is 0 Å². The second kappa shape index (κ2) is 8.27. The number of nitrogens with zero attached hydrogens (tertiary/aromatic N) is 1. The van der Waals surface area contributed by atoms with Crippen LogP contribution in [0.4, 0.5) is 4.39 Å². The molecule has 0 aliphatic carbocycles. The topological polar surface area (TPSA) is 45.3 Å². The van der Waals surface area contributed by atoms with E-state index < -0.39 is 0 Å². The van der Waals surface area contributed by atoms with Crippen molar-refractivity contribution in [3.63, 3.8) is 0 Å². The summed E-state index contributed by atoms with van der Waals surface area (Å²) in [6, 6.07) is 12.6. The normalized spacial score (nSPS) is 15.1. The summed E-state index contributed by atoms with van der Waals surface area (Å²) in [5, 5.41) is 0.843. The summed E-state index contributed by atoms with van der Waals surface area (Å²) in [6.45, 7) is 3.92. The second-order valence-corrected chi connectivity index (χ2v) is 7.96. The Morgan fingerprint density at radius 1 is 1.17 bits per heavy atom. The van der Waals surface area contributed by atoms with Gasteiger partial charge in [-0.05, 0) is 78.8 Å². The molecule has 1 aromatic heterocycles. The number of piperidine rings is 1. The van der Waals surface area contributed by atoms with Gasteiger partial charge in [-0.3, -0.25) is 4.79 Å². The summed E-state index contributed by atoms with van der Waals surface area (Å²) in [7, 11) is 1.64. The van der Waals surface area contributed by atoms with E-state index in [1.165, 1.54) is 6.07 Å². The molecular weight excluding hydrogens is 367 g/mol. The number of methoxy groups -OCH3 is 1. The Morgan fingerprint density at radius 2 is 1.90 bits per heavy atom. The van der Waals surface area contributed by atoms with E-state index in [1.807, 2.05) is 29.2 Å². The lowest BCUT2D eigenvalue weighted by molar-refractivity contribution is -0.132. The van der Waals surface area contributed by atoms with E-state index in [-0.39, 0.29) is 11.7 Å². The summed E-state index contributed by atoms with van der Waals surface area (Å²) < 4.78 is 19.2. The predicted molar refractivity (Wildman–Crippen MR) is 114 cm³/mol. The van der Waals surface area contributed by atoms with Gasteiger partial charge in [0, 0.05) is 36.1 Å². The van der Waals surface area contributed by atoms with Crippen molar-refractivity contribution < 1.29 is 13.9 Å². The molecule has 1 aliphatic heterocycles. The van der Waals surface area contributed by atoms with Gasteiger partial charge in [-0.15, -0.1) is 0 Å². The number of carbonyl (C=O) groups is 1. The highest BCUT2D eigenvalue weighted by atomic mass is 19.1. The van der Waals surface area contributed by atoms with Gasteiger partial charge in [-0.1, -0.05) is 6.92 Å². The van der Waals surface area contributed by atoms with Gasteiger partial charge in [0.05, 0.1) is 7.11 Å². The molecule has 0 unspecified atom stereocenters. The SMILES string of the molecule is COc1ccc(-c2[nH]c3ccc(F)cc3c2CCC(=O)N2CCC(C)CC2)cc1. The highest BCUT2D eigenvalue weighted by Crippen LogP contribution is 2.33. The van der Waals surface area contributed by atoms with Gasteiger partial charge in [-0.25, -0.2) is 4.39 Å². The van der Waals surface area contributed by atoms with Crippen molar-refractivity contribution in [2.24, 2.45) is 5.92 Å². The van der Waals surface area contributed by atoms with Gasteiger partial charge in [0.15, 0.2) is 0 Å². The van der Waals surface area contributed by atoms with Crippen LogP contribution in [0.25, 0.3) is 22.2 Å². The Kier molecular flexibility index (Phi) is 5.56. The summed E-state index contributed by atoms with van der Waals surface area (Å²) in [6.07, 6.45) is 3.15. The lowest BCUT2D eigenvalue weighted by atomic mass is 9.97. The number of hydrogen-bond donors (Lipinski definition) is 1. The molecule has 0 spiro atoms. The van der Waals surface area contributed by atoms with Gasteiger partial charge in [-0.2, -0.15) is 0 Å². The van der Waals surface area contributed by atoms with Gasteiger partial charge in [0.25, 0.3) is 0 Å². The van der Waals surface area contributed by atoms with Crippen LogP contribution in [0.2, 0.25) is 0 Å². The average Bonchev–Trinajstić information content (AvgIpc) is 3.10. The third kappa shape index (κ3) is 4.14. The summed E-state index contributed by atoms with van der Waals surface area (Å²) in [5.74, 6) is 1.39. The van der Waals surface area contributed by atoms with E-state index in [0.29, 0.717) is 18.8 Å². The van der Waals surface area contributed by atoms with E-state index >= 15 is 0 Å². The minimum Gasteiger partial charge on any atom is -0.497 e. The minimum atomic E-state index is -0.268. The first kappa shape index (κ1) is 19.5. The fourth-order valence-corrected chi connectivity index (χ4v) is 4.13. The molecule has 1 N–H and O–H groups in total. The number of ether oxygens (including phenoxy) is 1. The molecule has 1 fully saturated rings. The third-order valence-electron chi connectivity index (χ3n) is 5.97. The number of aromatic amines is 1. The highest BCUT2D eigenvalue weighted by Gasteiger charge is 2.21. The number of likely N-dealkylation sites (tertiary alicyclic amines) is 1. The van der Waals surface area contributed by atoms with E-state index in [4.69, 9.17) is 4.74 Å². The molecular formula is C24H27FN2O2. The minimum absolute atomic E-state index is 0.184. The number of aryl methyl sites for hydroxylation is 1. The second-order valence-electron chi connectivity index (χ2n) is 7.96. The van der Waals surface area contributed by atoms with Crippen LogP contribution >= 0.6 is 0 Å². The van der Waals surface area contributed by atoms with E-state index in [2.05, 4.69) is 11.9 Å². The van der Waals surface area contributed by atoms with Crippen LogP contribution in [0, 0.1) is 11.7 Å². The van der Waals surface area contributed by atoms with Crippen LogP contribution < -0.4 is 4.74 Å². The highest BCUT2D eigenvalue weighted by molar-refractivity contribution is 5.91. The molecule has 152 valence electrons. The van der Waals surface area contributed by atoms with Crippen molar-refractivity contribution >= 4 is 16.8 Å². The standard InChI is InChI=1S/C24H27FN2O2/c1-16-11-13-27(14-12-16)23(28)10-8-20-21-15-18(25)5-9-22(21)26-24(20)17-3-6-19(29-2)7-4-17/h3-7,9,15-16,26H,8,10-14H2,1-2H3. The molecule has 29 heavy (non-hydrogen) atoms. The number of halogens is 1. The predicted octanol–water partition coefficient (Wildman–Crippen LogP) is 5.17. The molecule has 0 bridgehead atoms. The zero-order chi connectivity index (χ0) is 20.4. The number of fused-ring (bicyclic) bond motifs is 1. The van der Waals surface area contributed by atoms with Gasteiger partial charge in [0.2, 0.25) is 5.91 Å². The Hall–Kier alpha value is -2.82. The zero-order valence-electron chi connectivity index (χ0n) is 17.0. The number of hydrogen-bond acceptors (Lipinski definition) is 2. The molecule has 3 aromatic rings. The van der Waals surface area contributed by atoms with Crippen molar-refractivity contribution in [2.75, 3.05) is 20.2 Å². The van der Waals surface area contributed by atoms with Gasteiger partial charge < -0.3 is 14.6 Å². The van der Waals surface area contributed by atoms with Crippen LogP contribution in [-0.2, 0) is 11.2 Å². The first-order valence-corrected chi connectivity index (χ1v) is 10.3. The molecule has 2 aromatic carbocycles. The van der Waals surface area contributed by atoms with Gasteiger partial charge in [0.1, 0.15) is 11.6 Å². The molecule has 4 nitrogen and oxygen atoms in total. The number of nitrogens with one attached hydrogen (secondary N) is 1. The first-order chi connectivity index (χ1) is 14.0. The number of amides is 1. The van der Waals surface area contributed by atoms with Crippen LogP contribution in [0.1, 0.15) is 31.7 Å². The monoisotopic (exact) mass is 394 g/mol. The van der Waals surface area contributed by atoms with E-state index in [9.17, 15) is 9.18 Å². The molecule has 1 aliphatic rings. The lowest BCUT2D eigenvalue weighted by Gasteiger charge is -2.30. The van der Waals surface area contributed by atoms with E-state index in [1.54, 1.807) is 19.2 Å². The number of rotatable bonds is 5. The summed E-state index contributed by atoms with van der Waals surface area (Å²) >= 11 is 0. The van der Waals surface area contributed by atoms with Crippen molar-refractivity contribution in [3.8, 4) is 17.0 Å². The average molecular weight is 394 g/mol. The maximum atomic E-state index is 13.9. The Morgan fingerprint density at radius 3 is 2.59 bits per heavy atom. The maximum Gasteiger partial charge on any atom is 0.222 e. The van der Waals surface area contributed by atoms with Crippen LogP contribution in [0.15, 0.2) is 42.5 Å². The molecule has 5 heteroatoms. The molecule has 4 rings (SSSR count). The first-order valence-electron chi connectivity index (χ1n) is 10.3. The Balaban J connectivity index is 1.62. The number of aromatic nitrogens is 1. The van der Waals surface area contributed by atoms with Crippen LogP contribution in [-0.4, -0.2) is 36.0 Å². The number of carbonyl (C=O) groups excluding carboxylic acids is 1. The van der Waals surface area contributed by atoms with Crippen LogP contribution in [0.5, 0.6) is 5.75 Å². The molecule has 0 radical (unpaired) electrons. The number of benzene rings is 2. The summed E-state index contributed by atoms with van der Waals surface area (Å²) in [5.41, 5.74) is 3.81. The summed E-state index contributed by atoms with van der Waals surface area (Å²) in [4.78, 5) is 18.2. The maximum absolute atomic E-state index is 13.9. The lowest BCUT2D eigenvalue weighted by Crippen LogP contribution is -2.38. The molecule has 1 saturated heterocycles. The van der Waals surface area contributed by atoms with Crippen LogP contribution in [0.3, 0.4) is 0 Å². The van der Waals surface area contributed by atoms with Crippen molar-refractivity contribution in [1.82, 2.24) is 9.88 Å². The zero-order valence-corrected chi connectivity index (χ0v) is 17.0. The fraction of sp³-hybridized carbons (Fsp3) is 0.375. The Bertz CT molecular complexity index is 1000. The van der Waals surface area contributed by atoms with E-state index in [0.717, 1.165) is 59.4 Å². The molecule has 1 amide bonds. The quantitative estimate of drug-likeness (QED) is 0.649. The third-order valence-corrected chi connectivity index (χ3v) is 5.97. The molecule has 0 saturated carbocycles. The smallest absolute Gasteiger partial charge is 0.222 e.